The van der Waals surface area contributed by atoms with E-state index in [4.69, 9.17) is 0 Å². The largest absolute Gasteiger partial charge is 0.481 e. The molecule has 3 nitrogen and oxygen atoms in total. The van der Waals surface area contributed by atoms with Gasteiger partial charge in [-0.05, 0) is 37.6 Å². The van der Waals surface area contributed by atoms with Gasteiger partial charge >= 0.3 is 5.97 Å². The fraction of sp³-hybridized carbons (Fsp3) is 0.533. The highest BCUT2D eigenvalue weighted by atomic mass is 16.4. The molecule has 0 fully saturated rings. The van der Waals surface area contributed by atoms with E-state index in [9.17, 15) is 9.90 Å². The maximum absolute atomic E-state index is 11.3. The van der Waals surface area contributed by atoms with Crippen molar-refractivity contribution in [2.24, 2.45) is 5.92 Å². The molecule has 1 N–H and O–H groups in total. The van der Waals surface area contributed by atoms with Gasteiger partial charge in [0.05, 0.1) is 5.92 Å². The summed E-state index contributed by atoms with van der Waals surface area (Å²) in [5.41, 5.74) is 2.14. The first kappa shape index (κ1) is 14.7. The summed E-state index contributed by atoms with van der Waals surface area (Å²) < 4.78 is 0. The minimum atomic E-state index is -0.764. The smallest absolute Gasteiger partial charge is 0.312 e. The lowest BCUT2D eigenvalue weighted by atomic mass is 9.95. The van der Waals surface area contributed by atoms with Gasteiger partial charge in [0.1, 0.15) is 0 Å². The Balaban J connectivity index is 2.83. The summed E-state index contributed by atoms with van der Waals surface area (Å²) in [5.74, 6) is -0.596. The van der Waals surface area contributed by atoms with Crippen LogP contribution in [0.1, 0.15) is 30.9 Å². The van der Waals surface area contributed by atoms with Gasteiger partial charge in [0.25, 0.3) is 0 Å². The van der Waals surface area contributed by atoms with Gasteiger partial charge in [-0.3, -0.25) is 4.79 Å². The van der Waals surface area contributed by atoms with Crippen molar-refractivity contribution in [3.8, 4) is 0 Å². The number of nitrogens with zero attached hydrogens (tertiary/aromatic N) is 1. The first-order valence-corrected chi connectivity index (χ1v) is 6.36. The highest BCUT2D eigenvalue weighted by molar-refractivity contribution is 5.76. The molecule has 0 aliphatic heterocycles. The van der Waals surface area contributed by atoms with Crippen LogP contribution in [0.25, 0.3) is 0 Å². The fourth-order valence-corrected chi connectivity index (χ4v) is 2.05. The number of aliphatic carboxylic acids is 1. The van der Waals surface area contributed by atoms with E-state index < -0.39 is 11.9 Å². The maximum atomic E-state index is 11.3. The van der Waals surface area contributed by atoms with E-state index in [1.54, 1.807) is 0 Å². The molecule has 0 bridgehead atoms. The van der Waals surface area contributed by atoms with Crippen LogP contribution in [0.2, 0.25) is 0 Å². The second-order valence-corrected chi connectivity index (χ2v) is 5.49. The summed E-state index contributed by atoms with van der Waals surface area (Å²) >= 11 is 0. The topological polar surface area (TPSA) is 40.5 Å². The van der Waals surface area contributed by atoms with Crippen molar-refractivity contribution in [2.75, 3.05) is 20.6 Å². The van der Waals surface area contributed by atoms with Crippen molar-refractivity contribution >= 4 is 5.97 Å². The zero-order valence-electron chi connectivity index (χ0n) is 11.7. The Kier molecular flexibility index (Phi) is 5.35. The van der Waals surface area contributed by atoms with Gasteiger partial charge in [-0.25, -0.2) is 0 Å². The van der Waals surface area contributed by atoms with Gasteiger partial charge in [-0.1, -0.05) is 38.1 Å². The van der Waals surface area contributed by atoms with Crippen molar-refractivity contribution in [1.82, 2.24) is 4.90 Å². The molecule has 100 valence electrons. The molecule has 0 saturated carbocycles. The standard InChI is InChI=1S/C15H23NO2/c1-11(2)9-12-5-7-13(8-6-12)14(15(17)18)10-16(3)4/h5-8,11,14H,9-10H2,1-4H3,(H,17,18). The van der Waals surface area contributed by atoms with Crippen molar-refractivity contribution in [1.29, 1.82) is 0 Å². The van der Waals surface area contributed by atoms with E-state index in [-0.39, 0.29) is 0 Å². The number of benzene rings is 1. The number of likely N-dealkylation sites (N-methyl/N-ethyl adjacent to an activating group) is 1. The first-order valence-electron chi connectivity index (χ1n) is 6.36. The molecule has 0 spiro atoms. The number of carboxylic acid groups (broad SMARTS) is 1. The Hall–Kier alpha value is -1.35. The Bertz CT molecular complexity index is 382. The number of carbonyl (C=O) groups is 1. The highest BCUT2D eigenvalue weighted by Gasteiger charge is 2.20. The third-order valence-corrected chi connectivity index (χ3v) is 2.87. The predicted molar refractivity (Wildman–Crippen MR) is 73.9 cm³/mol. The zero-order chi connectivity index (χ0) is 13.7. The van der Waals surface area contributed by atoms with Crippen LogP contribution in [-0.4, -0.2) is 36.6 Å². The molecule has 1 rings (SSSR count). The molecule has 18 heavy (non-hydrogen) atoms. The molecule has 0 aromatic heterocycles. The third kappa shape index (κ3) is 4.49. The van der Waals surface area contributed by atoms with Gasteiger partial charge in [-0.15, -0.1) is 0 Å². The van der Waals surface area contributed by atoms with E-state index in [1.165, 1.54) is 5.56 Å². The van der Waals surface area contributed by atoms with Gasteiger partial charge in [0.15, 0.2) is 0 Å². The molecule has 3 heteroatoms. The van der Waals surface area contributed by atoms with Crippen molar-refractivity contribution in [3.05, 3.63) is 35.4 Å². The number of carboxylic acids is 1. The molecule has 0 aliphatic carbocycles. The van der Waals surface area contributed by atoms with Gasteiger partial charge in [0, 0.05) is 6.54 Å². The normalized spacial score (nSPS) is 13.0. The molecule has 0 saturated heterocycles. The van der Waals surface area contributed by atoms with Crippen molar-refractivity contribution in [2.45, 2.75) is 26.2 Å². The van der Waals surface area contributed by atoms with Crippen molar-refractivity contribution < 1.29 is 9.90 Å². The summed E-state index contributed by atoms with van der Waals surface area (Å²) in [6.07, 6.45) is 1.03. The molecular weight excluding hydrogens is 226 g/mol. The third-order valence-electron chi connectivity index (χ3n) is 2.87. The maximum Gasteiger partial charge on any atom is 0.312 e. The van der Waals surface area contributed by atoms with E-state index in [0.717, 1.165) is 12.0 Å². The lowest BCUT2D eigenvalue weighted by molar-refractivity contribution is -0.139. The molecule has 1 aromatic rings. The van der Waals surface area contributed by atoms with Crippen LogP contribution < -0.4 is 0 Å². The van der Waals surface area contributed by atoms with E-state index in [1.807, 2.05) is 43.3 Å². The second-order valence-electron chi connectivity index (χ2n) is 5.49. The quantitative estimate of drug-likeness (QED) is 0.842. The highest BCUT2D eigenvalue weighted by Crippen LogP contribution is 2.19. The molecule has 0 heterocycles. The first-order chi connectivity index (χ1) is 8.40. The van der Waals surface area contributed by atoms with Crippen molar-refractivity contribution in [3.63, 3.8) is 0 Å². The fourth-order valence-electron chi connectivity index (χ4n) is 2.05. The number of hydrogen-bond donors (Lipinski definition) is 1. The summed E-state index contributed by atoms with van der Waals surface area (Å²) in [5, 5.41) is 9.26. The molecule has 0 aliphatic rings. The molecule has 1 unspecified atom stereocenters. The zero-order valence-corrected chi connectivity index (χ0v) is 11.7. The summed E-state index contributed by atoms with van der Waals surface area (Å²) in [6.45, 7) is 4.89. The lowest BCUT2D eigenvalue weighted by Crippen LogP contribution is -2.26. The van der Waals surface area contributed by atoms with Crippen LogP contribution in [-0.2, 0) is 11.2 Å². The minimum absolute atomic E-state index is 0.451. The number of hydrogen-bond acceptors (Lipinski definition) is 2. The summed E-state index contributed by atoms with van der Waals surface area (Å²) in [4.78, 5) is 13.2. The van der Waals surface area contributed by atoms with Crippen LogP contribution >= 0.6 is 0 Å². The Labute approximate surface area is 109 Å². The summed E-state index contributed by atoms with van der Waals surface area (Å²) in [6, 6.07) is 7.97. The van der Waals surface area contributed by atoms with Crippen LogP contribution in [0.4, 0.5) is 0 Å². The predicted octanol–water partition coefficient (Wildman–Crippen LogP) is 2.61. The second kappa shape index (κ2) is 6.55. The Morgan fingerprint density at radius 3 is 2.17 bits per heavy atom. The average molecular weight is 249 g/mol. The van der Waals surface area contributed by atoms with Gasteiger partial charge in [0.2, 0.25) is 0 Å². The Morgan fingerprint density at radius 2 is 1.78 bits per heavy atom. The molecule has 1 aromatic carbocycles. The van der Waals surface area contributed by atoms with E-state index >= 15 is 0 Å². The molecule has 0 amide bonds. The minimum Gasteiger partial charge on any atom is -0.481 e. The SMILES string of the molecule is CC(C)Cc1ccc(C(CN(C)C)C(=O)O)cc1. The Morgan fingerprint density at radius 1 is 1.22 bits per heavy atom. The van der Waals surface area contributed by atoms with Crippen LogP contribution in [0.3, 0.4) is 0 Å². The lowest BCUT2D eigenvalue weighted by Gasteiger charge is -2.18. The van der Waals surface area contributed by atoms with E-state index in [2.05, 4.69) is 13.8 Å². The monoisotopic (exact) mass is 249 g/mol. The van der Waals surface area contributed by atoms with Crippen LogP contribution in [0.5, 0.6) is 0 Å². The average Bonchev–Trinajstić information content (AvgIpc) is 2.26. The van der Waals surface area contributed by atoms with Crippen LogP contribution in [0.15, 0.2) is 24.3 Å². The molecular formula is C15H23NO2. The van der Waals surface area contributed by atoms with Gasteiger partial charge in [-0.2, -0.15) is 0 Å². The van der Waals surface area contributed by atoms with Gasteiger partial charge < -0.3 is 10.0 Å². The number of rotatable bonds is 6. The molecule has 0 radical (unpaired) electrons. The van der Waals surface area contributed by atoms with Crippen LogP contribution in [0, 0.1) is 5.92 Å². The molecule has 1 atom stereocenters. The van der Waals surface area contributed by atoms with E-state index in [0.29, 0.717) is 12.5 Å². The summed E-state index contributed by atoms with van der Waals surface area (Å²) in [7, 11) is 3.78.